The maximum atomic E-state index is 4.97. The molecule has 3 nitrogen and oxygen atoms in total. The molecule has 1 heterocycles. The first kappa shape index (κ1) is 33.4. The van der Waals surface area contributed by atoms with Crippen LogP contribution in [0, 0.1) is 0 Å². The summed E-state index contributed by atoms with van der Waals surface area (Å²) in [5.74, 6) is 1.96. The van der Waals surface area contributed by atoms with E-state index in [1.54, 1.807) is 0 Å². The van der Waals surface area contributed by atoms with Gasteiger partial charge in [0.2, 0.25) is 0 Å². The van der Waals surface area contributed by atoms with Crippen LogP contribution in [0.25, 0.3) is 89.4 Å². The molecule has 12 rings (SSSR count). The zero-order valence-electron chi connectivity index (χ0n) is 32.0. The smallest absolute Gasteiger partial charge is 0.164 e. The molecular formula is C56H35N3. The highest BCUT2D eigenvalue weighted by molar-refractivity contribution is 6.09. The third kappa shape index (κ3) is 5.05. The molecule has 0 saturated carbocycles. The predicted molar refractivity (Wildman–Crippen MR) is 241 cm³/mol. The molecule has 0 radical (unpaired) electrons. The van der Waals surface area contributed by atoms with E-state index < -0.39 is 5.41 Å². The Balaban J connectivity index is 1.01. The minimum Gasteiger partial charge on any atom is -0.208 e. The summed E-state index contributed by atoms with van der Waals surface area (Å²) in [6.07, 6.45) is 0. The molecule has 9 aromatic carbocycles. The molecule has 0 fully saturated rings. The Morgan fingerprint density at radius 1 is 0.288 bits per heavy atom. The van der Waals surface area contributed by atoms with Gasteiger partial charge in [-0.1, -0.05) is 200 Å². The van der Waals surface area contributed by atoms with Crippen molar-refractivity contribution in [2.24, 2.45) is 0 Å². The molecular weight excluding hydrogens is 715 g/mol. The fraction of sp³-hybridized carbons (Fsp3) is 0.0179. The lowest BCUT2D eigenvalue weighted by Crippen LogP contribution is -2.26. The number of hydrogen-bond donors (Lipinski definition) is 0. The van der Waals surface area contributed by atoms with Gasteiger partial charge in [0.05, 0.1) is 5.41 Å². The summed E-state index contributed by atoms with van der Waals surface area (Å²) in [6.45, 7) is 0. The average Bonchev–Trinajstić information content (AvgIpc) is 3.80. The van der Waals surface area contributed by atoms with E-state index in [2.05, 4.69) is 152 Å². The molecule has 0 unspecified atom stereocenters. The van der Waals surface area contributed by atoms with Crippen LogP contribution in [0.3, 0.4) is 0 Å². The lowest BCUT2D eigenvalue weighted by molar-refractivity contribution is 0.801. The van der Waals surface area contributed by atoms with Gasteiger partial charge in [-0.25, -0.2) is 15.0 Å². The Morgan fingerprint density at radius 2 is 0.729 bits per heavy atom. The van der Waals surface area contributed by atoms with Gasteiger partial charge in [0.25, 0.3) is 0 Å². The van der Waals surface area contributed by atoms with Crippen LogP contribution in [-0.4, -0.2) is 15.0 Å². The number of fused-ring (bicyclic) bond motifs is 12. The first-order valence-corrected chi connectivity index (χ1v) is 20.2. The molecule has 3 heteroatoms. The van der Waals surface area contributed by atoms with Gasteiger partial charge >= 0.3 is 0 Å². The molecule has 2 aliphatic carbocycles. The highest BCUT2D eigenvalue weighted by atomic mass is 15.0. The molecule has 10 aromatic rings. The van der Waals surface area contributed by atoms with Crippen LogP contribution in [0.2, 0.25) is 0 Å². The summed E-state index contributed by atoms with van der Waals surface area (Å²) in [7, 11) is 0. The largest absolute Gasteiger partial charge is 0.208 e. The van der Waals surface area contributed by atoms with Crippen LogP contribution in [0.4, 0.5) is 0 Å². The third-order valence-electron chi connectivity index (χ3n) is 12.3. The average molecular weight is 750 g/mol. The zero-order valence-corrected chi connectivity index (χ0v) is 32.0. The summed E-state index contributed by atoms with van der Waals surface area (Å²) >= 11 is 0. The summed E-state index contributed by atoms with van der Waals surface area (Å²) in [5.41, 5.74) is 17.8. The van der Waals surface area contributed by atoms with E-state index in [0.29, 0.717) is 17.5 Å². The van der Waals surface area contributed by atoms with Crippen LogP contribution in [0.1, 0.15) is 22.3 Å². The lowest BCUT2D eigenvalue weighted by atomic mass is 9.69. The summed E-state index contributed by atoms with van der Waals surface area (Å²) in [6, 6.07) is 76.5. The van der Waals surface area contributed by atoms with Crippen molar-refractivity contribution in [1.82, 2.24) is 15.0 Å². The minimum atomic E-state index is -0.433. The van der Waals surface area contributed by atoms with Gasteiger partial charge < -0.3 is 0 Å². The van der Waals surface area contributed by atoms with Crippen molar-refractivity contribution in [1.29, 1.82) is 0 Å². The number of aromatic nitrogens is 3. The second-order valence-electron chi connectivity index (χ2n) is 15.5. The topological polar surface area (TPSA) is 38.7 Å². The Bertz CT molecular complexity index is 3160. The molecule has 0 bridgehead atoms. The molecule has 0 amide bonds. The van der Waals surface area contributed by atoms with E-state index in [4.69, 9.17) is 15.0 Å². The standard InChI is InChI=1S/C56H35N3/c1-3-16-37(17-4-1)53-57-54(38-18-5-2-6-19-38)59-55(58-53)39-32-30-36(31-33-39)40-21-15-22-41(34-40)47-35-42-20-7-8-23-43(42)52-51(47)46-26-11-14-29-50(46)56(52)48-27-12-9-24-44(48)45-25-10-13-28-49(45)56/h1-35H. The quantitative estimate of drug-likeness (QED) is 0.176. The number of benzene rings is 9. The van der Waals surface area contributed by atoms with Gasteiger partial charge in [-0.2, -0.15) is 0 Å². The minimum absolute atomic E-state index is 0.433. The SMILES string of the molecule is c1ccc(-c2nc(-c3ccccc3)nc(-c3ccc(-c4cccc(-c5cc6ccccc6c6c5-c5ccccc5C65c6ccccc6-c6ccccc65)c4)cc3)n2)cc1. The molecule has 1 spiro atoms. The van der Waals surface area contributed by atoms with Crippen LogP contribution >= 0.6 is 0 Å². The predicted octanol–water partition coefficient (Wildman–Crippen LogP) is 13.7. The molecule has 59 heavy (non-hydrogen) atoms. The van der Waals surface area contributed by atoms with Crippen molar-refractivity contribution in [3.05, 3.63) is 235 Å². The van der Waals surface area contributed by atoms with Crippen molar-refractivity contribution >= 4 is 10.8 Å². The maximum absolute atomic E-state index is 4.97. The number of rotatable bonds is 5. The Kier molecular flexibility index (Phi) is 7.45. The Labute approximate surface area is 343 Å². The molecule has 0 atom stereocenters. The highest BCUT2D eigenvalue weighted by Gasteiger charge is 2.52. The molecule has 2 aliphatic rings. The van der Waals surface area contributed by atoms with Crippen LogP contribution in [0.5, 0.6) is 0 Å². The first-order valence-electron chi connectivity index (χ1n) is 20.2. The van der Waals surface area contributed by atoms with Crippen molar-refractivity contribution in [3.8, 4) is 78.7 Å². The van der Waals surface area contributed by atoms with E-state index in [9.17, 15) is 0 Å². The fourth-order valence-corrected chi connectivity index (χ4v) is 9.82. The van der Waals surface area contributed by atoms with Gasteiger partial charge in [-0.3, -0.25) is 0 Å². The van der Waals surface area contributed by atoms with E-state index in [1.165, 1.54) is 66.4 Å². The van der Waals surface area contributed by atoms with Gasteiger partial charge in [-0.15, -0.1) is 0 Å². The van der Waals surface area contributed by atoms with E-state index in [1.807, 2.05) is 60.7 Å². The van der Waals surface area contributed by atoms with Gasteiger partial charge in [0.15, 0.2) is 17.5 Å². The number of nitrogens with zero attached hydrogens (tertiary/aromatic N) is 3. The third-order valence-corrected chi connectivity index (χ3v) is 12.3. The Hall–Kier alpha value is -7.75. The lowest BCUT2D eigenvalue weighted by Gasteiger charge is -2.31. The first-order chi connectivity index (χ1) is 29.3. The zero-order chi connectivity index (χ0) is 38.9. The van der Waals surface area contributed by atoms with Crippen LogP contribution in [0.15, 0.2) is 212 Å². The normalized spacial score (nSPS) is 12.9. The molecule has 0 saturated heterocycles. The van der Waals surface area contributed by atoms with Gasteiger partial charge in [0, 0.05) is 16.7 Å². The van der Waals surface area contributed by atoms with E-state index >= 15 is 0 Å². The van der Waals surface area contributed by atoms with Gasteiger partial charge in [-0.05, 0) is 89.7 Å². The van der Waals surface area contributed by atoms with E-state index in [-0.39, 0.29) is 0 Å². The molecule has 0 N–H and O–H groups in total. The van der Waals surface area contributed by atoms with E-state index in [0.717, 1.165) is 27.8 Å². The second kappa shape index (κ2) is 13.2. The maximum Gasteiger partial charge on any atom is 0.164 e. The second-order valence-corrected chi connectivity index (χ2v) is 15.5. The molecule has 0 aliphatic heterocycles. The summed E-state index contributed by atoms with van der Waals surface area (Å²) in [4.78, 5) is 14.8. The van der Waals surface area contributed by atoms with Crippen molar-refractivity contribution in [3.63, 3.8) is 0 Å². The van der Waals surface area contributed by atoms with Crippen molar-refractivity contribution in [2.45, 2.75) is 5.41 Å². The summed E-state index contributed by atoms with van der Waals surface area (Å²) < 4.78 is 0. The van der Waals surface area contributed by atoms with Crippen molar-refractivity contribution < 1.29 is 0 Å². The van der Waals surface area contributed by atoms with Gasteiger partial charge in [0.1, 0.15) is 0 Å². The summed E-state index contributed by atoms with van der Waals surface area (Å²) in [5, 5.41) is 2.54. The van der Waals surface area contributed by atoms with Crippen LogP contribution < -0.4 is 0 Å². The highest BCUT2D eigenvalue weighted by Crippen LogP contribution is 2.65. The molecule has 1 aromatic heterocycles. The monoisotopic (exact) mass is 749 g/mol. The molecule has 274 valence electrons. The van der Waals surface area contributed by atoms with Crippen LogP contribution in [-0.2, 0) is 5.41 Å². The fourth-order valence-electron chi connectivity index (χ4n) is 9.82. The number of hydrogen-bond acceptors (Lipinski definition) is 3. The Morgan fingerprint density at radius 3 is 1.34 bits per heavy atom. The van der Waals surface area contributed by atoms with Crippen molar-refractivity contribution in [2.75, 3.05) is 0 Å².